The zero-order valence-electron chi connectivity index (χ0n) is 16.6. The first-order chi connectivity index (χ1) is 14.9. The molecule has 1 atom stereocenters. The lowest BCUT2D eigenvalue weighted by Gasteiger charge is -2.19. The highest BCUT2D eigenvalue weighted by Crippen LogP contribution is 2.22. The van der Waals surface area contributed by atoms with Gasteiger partial charge >= 0.3 is 0 Å². The summed E-state index contributed by atoms with van der Waals surface area (Å²) in [6.45, 7) is 1.92. The van der Waals surface area contributed by atoms with Crippen molar-refractivity contribution in [3.8, 4) is 0 Å². The van der Waals surface area contributed by atoms with Crippen molar-refractivity contribution >= 4 is 44.4 Å². The van der Waals surface area contributed by atoms with E-state index in [4.69, 9.17) is 0 Å². The Hall–Kier alpha value is -3.14. The number of aromatic nitrogens is 2. The van der Waals surface area contributed by atoms with Crippen LogP contribution in [0.2, 0.25) is 0 Å². The molecule has 4 rings (SSSR count). The molecule has 31 heavy (non-hydrogen) atoms. The summed E-state index contributed by atoms with van der Waals surface area (Å²) in [4.78, 5) is 13.1. The van der Waals surface area contributed by atoms with Crippen LogP contribution < -0.4 is 10.0 Å². The third-order valence-corrected chi connectivity index (χ3v) is 6.77. The van der Waals surface area contributed by atoms with Gasteiger partial charge in [0.15, 0.2) is 0 Å². The van der Waals surface area contributed by atoms with Crippen molar-refractivity contribution < 1.29 is 13.2 Å². The van der Waals surface area contributed by atoms with Crippen molar-refractivity contribution in [1.82, 2.24) is 13.5 Å². The maximum atomic E-state index is 13.2. The van der Waals surface area contributed by atoms with E-state index in [1.165, 1.54) is 6.07 Å². The van der Waals surface area contributed by atoms with Crippen molar-refractivity contribution in [3.63, 3.8) is 0 Å². The van der Waals surface area contributed by atoms with Gasteiger partial charge < -0.3 is 5.32 Å². The highest BCUT2D eigenvalue weighted by Gasteiger charge is 2.28. The molecule has 3 aromatic carbocycles. The van der Waals surface area contributed by atoms with E-state index in [1.54, 1.807) is 18.2 Å². The number of sulfonamides is 1. The number of fused-ring (bicyclic) bond motifs is 1. The van der Waals surface area contributed by atoms with Crippen molar-refractivity contribution in [3.05, 3.63) is 83.9 Å². The van der Waals surface area contributed by atoms with E-state index in [9.17, 15) is 13.2 Å². The molecule has 0 aliphatic carbocycles. The van der Waals surface area contributed by atoms with E-state index in [0.717, 1.165) is 22.9 Å². The Labute approximate surface area is 184 Å². The number of nitrogens with zero attached hydrogens (tertiary/aromatic N) is 2. The number of hydrogen-bond donors (Lipinski definition) is 2. The third-order valence-electron chi connectivity index (χ3n) is 4.72. The third kappa shape index (κ3) is 4.96. The number of carbonyl (C=O) groups excluding carboxylic acids is 1. The molecule has 0 radical (unpaired) electrons. The number of amides is 1. The van der Waals surface area contributed by atoms with Crippen LogP contribution in [0.3, 0.4) is 0 Å². The molecule has 1 aromatic heterocycles. The Morgan fingerprint density at radius 1 is 1.00 bits per heavy atom. The summed E-state index contributed by atoms with van der Waals surface area (Å²) in [7, 11) is -4.03. The van der Waals surface area contributed by atoms with E-state index < -0.39 is 22.0 Å². The van der Waals surface area contributed by atoms with Gasteiger partial charge in [-0.1, -0.05) is 48.5 Å². The zero-order valence-corrected chi connectivity index (χ0v) is 18.3. The number of carbonyl (C=O) groups is 1. The van der Waals surface area contributed by atoms with Crippen molar-refractivity contribution in [2.24, 2.45) is 0 Å². The first-order valence-electron chi connectivity index (χ1n) is 9.57. The monoisotopic (exact) mass is 452 g/mol. The van der Waals surface area contributed by atoms with Crippen LogP contribution in [0.15, 0.2) is 77.7 Å². The summed E-state index contributed by atoms with van der Waals surface area (Å²) in [5, 5.41) is 2.82. The number of hydrogen-bond acceptors (Lipinski definition) is 6. The first-order valence-corrected chi connectivity index (χ1v) is 11.8. The van der Waals surface area contributed by atoms with Crippen LogP contribution in [0.1, 0.15) is 11.1 Å². The molecule has 0 fully saturated rings. The van der Waals surface area contributed by atoms with Crippen LogP contribution in [-0.4, -0.2) is 29.1 Å². The molecule has 0 aliphatic heterocycles. The molecule has 1 heterocycles. The summed E-state index contributed by atoms with van der Waals surface area (Å²) < 4.78 is 37.2. The van der Waals surface area contributed by atoms with E-state index in [0.29, 0.717) is 11.2 Å². The molecule has 7 nitrogen and oxygen atoms in total. The molecule has 2 N–H and O–H groups in total. The predicted molar refractivity (Wildman–Crippen MR) is 121 cm³/mol. The summed E-state index contributed by atoms with van der Waals surface area (Å²) in [6, 6.07) is 20.4. The van der Waals surface area contributed by atoms with Gasteiger partial charge in [0.05, 0.1) is 11.7 Å². The fourth-order valence-electron chi connectivity index (χ4n) is 3.24. The Balaban J connectivity index is 1.65. The van der Waals surface area contributed by atoms with Crippen LogP contribution >= 0.6 is 11.7 Å². The standard InChI is InChI=1S/C22H20N4O3S2/c1-15-7-5-10-17(13-15)23-22(27)19(14-16-8-3-2-4-9-16)26-31(28,29)20-12-6-11-18-21(20)25-30-24-18/h2-13,19,26H,14H2,1H3,(H,23,27)/t19-/m0/s1. The van der Waals surface area contributed by atoms with Crippen molar-refractivity contribution in [2.45, 2.75) is 24.3 Å². The second-order valence-corrected chi connectivity index (χ2v) is 9.32. The lowest BCUT2D eigenvalue weighted by atomic mass is 10.1. The number of rotatable bonds is 7. The second-order valence-electron chi connectivity index (χ2n) is 7.11. The molecule has 1 amide bonds. The van der Waals surface area contributed by atoms with E-state index in [-0.39, 0.29) is 16.8 Å². The molecule has 4 aromatic rings. The molecule has 0 bridgehead atoms. The predicted octanol–water partition coefficient (Wildman–Crippen LogP) is 3.53. The molecule has 0 saturated carbocycles. The van der Waals surface area contributed by atoms with Gasteiger partial charge in [-0.3, -0.25) is 4.79 Å². The molecule has 158 valence electrons. The first kappa shape index (κ1) is 21.1. The Morgan fingerprint density at radius 3 is 2.55 bits per heavy atom. The summed E-state index contributed by atoms with van der Waals surface area (Å²) in [6.07, 6.45) is 0.197. The quantitative estimate of drug-likeness (QED) is 0.447. The summed E-state index contributed by atoms with van der Waals surface area (Å²) in [5.74, 6) is -0.443. The van der Waals surface area contributed by atoms with Gasteiger partial charge in [0.25, 0.3) is 0 Å². The topological polar surface area (TPSA) is 101 Å². The zero-order chi connectivity index (χ0) is 21.8. The van der Waals surface area contributed by atoms with Gasteiger partial charge in [-0.05, 0) is 48.7 Å². The van der Waals surface area contributed by atoms with Gasteiger partial charge in [0, 0.05) is 5.69 Å². The lowest BCUT2D eigenvalue weighted by molar-refractivity contribution is -0.117. The van der Waals surface area contributed by atoms with Gasteiger partial charge in [0.1, 0.15) is 22.0 Å². The SMILES string of the molecule is Cc1cccc(NC(=O)[C@H](Cc2ccccc2)NS(=O)(=O)c2cccc3nsnc23)c1. The Kier molecular flexibility index (Phi) is 6.08. The highest BCUT2D eigenvalue weighted by molar-refractivity contribution is 7.89. The van der Waals surface area contributed by atoms with Gasteiger partial charge in [0.2, 0.25) is 15.9 Å². The van der Waals surface area contributed by atoms with Crippen molar-refractivity contribution in [1.29, 1.82) is 0 Å². The van der Waals surface area contributed by atoms with Crippen LogP contribution in [0.4, 0.5) is 5.69 Å². The van der Waals surface area contributed by atoms with Crippen LogP contribution in [0, 0.1) is 6.92 Å². The minimum absolute atomic E-state index is 0.000155. The fourth-order valence-corrected chi connectivity index (χ4v) is 5.20. The van der Waals surface area contributed by atoms with Gasteiger partial charge in [-0.25, -0.2) is 8.42 Å². The molecule has 0 saturated heterocycles. The highest BCUT2D eigenvalue weighted by atomic mass is 32.2. The summed E-state index contributed by atoms with van der Waals surface area (Å²) >= 11 is 0.943. The molecule has 9 heteroatoms. The number of benzene rings is 3. The Morgan fingerprint density at radius 2 is 1.77 bits per heavy atom. The maximum Gasteiger partial charge on any atom is 0.243 e. The fraction of sp³-hybridized carbons (Fsp3) is 0.136. The van der Waals surface area contributed by atoms with Crippen molar-refractivity contribution in [2.75, 3.05) is 5.32 Å². The number of nitrogens with one attached hydrogen (secondary N) is 2. The molecular weight excluding hydrogens is 432 g/mol. The van der Waals surface area contributed by atoms with Gasteiger partial charge in [-0.2, -0.15) is 13.5 Å². The van der Waals surface area contributed by atoms with Crippen LogP contribution in [0.5, 0.6) is 0 Å². The largest absolute Gasteiger partial charge is 0.325 e. The average Bonchev–Trinajstić information content (AvgIpc) is 3.22. The maximum absolute atomic E-state index is 13.2. The van der Waals surface area contributed by atoms with Crippen LogP contribution in [0.25, 0.3) is 11.0 Å². The normalized spacial score (nSPS) is 12.5. The minimum Gasteiger partial charge on any atom is -0.325 e. The smallest absolute Gasteiger partial charge is 0.243 e. The van der Waals surface area contributed by atoms with E-state index in [2.05, 4.69) is 18.8 Å². The Bertz CT molecular complexity index is 1320. The van der Waals surface area contributed by atoms with E-state index in [1.807, 2.05) is 55.5 Å². The van der Waals surface area contributed by atoms with E-state index >= 15 is 0 Å². The summed E-state index contributed by atoms with van der Waals surface area (Å²) in [5.41, 5.74) is 3.21. The lowest BCUT2D eigenvalue weighted by Crippen LogP contribution is -2.45. The average molecular weight is 453 g/mol. The molecular formula is C22H20N4O3S2. The second kappa shape index (κ2) is 8.93. The number of aryl methyl sites for hydroxylation is 1. The molecule has 0 aliphatic rings. The molecule has 0 unspecified atom stereocenters. The number of anilines is 1. The minimum atomic E-state index is -4.03. The molecule has 0 spiro atoms. The van der Waals surface area contributed by atoms with Crippen LogP contribution in [-0.2, 0) is 21.2 Å². The van der Waals surface area contributed by atoms with Gasteiger partial charge in [-0.15, -0.1) is 0 Å².